The van der Waals surface area contributed by atoms with E-state index < -0.39 is 10.0 Å². The predicted octanol–water partition coefficient (Wildman–Crippen LogP) is -0.00170. The summed E-state index contributed by atoms with van der Waals surface area (Å²) in [4.78, 5) is 40.1. The minimum absolute atomic E-state index is 0.0261. The highest BCUT2D eigenvalue weighted by molar-refractivity contribution is 7.89. The lowest BCUT2D eigenvalue weighted by atomic mass is 10.1. The summed E-state index contributed by atoms with van der Waals surface area (Å²) in [5.41, 5.74) is 0.709. The molecule has 3 heterocycles. The molecule has 4 rings (SSSR count). The zero-order chi connectivity index (χ0) is 22.0. The zero-order valence-electron chi connectivity index (χ0n) is 16.7. The molecule has 2 fully saturated rings. The van der Waals surface area contributed by atoms with Crippen LogP contribution < -0.4 is 5.32 Å². The molecule has 0 unspecified atom stereocenters. The van der Waals surface area contributed by atoms with Crippen molar-refractivity contribution in [3.63, 3.8) is 0 Å². The molecule has 2 aromatic rings. The largest absolute Gasteiger partial charge is 0.472 e. The van der Waals surface area contributed by atoms with Crippen molar-refractivity contribution in [3.8, 4) is 0 Å². The highest BCUT2D eigenvalue weighted by atomic mass is 32.2. The van der Waals surface area contributed by atoms with Crippen LogP contribution in [0, 0.1) is 0 Å². The molecular weight excluding hydrogens is 424 g/mol. The van der Waals surface area contributed by atoms with Gasteiger partial charge in [-0.25, -0.2) is 8.42 Å². The van der Waals surface area contributed by atoms with Crippen molar-refractivity contribution >= 4 is 27.7 Å². The number of hydrogen-bond donors (Lipinski definition) is 1. The van der Waals surface area contributed by atoms with Gasteiger partial charge in [0, 0.05) is 44.8 Å². The molecule has 0 spiro atoms. The van der Waals surface area contributed by atoms with Crippen molar-refractivity contribution < 1.29 is 27.2 Å². The Hall–Kier alpha value is -3.18. The average molecular weight is 446 g/mol. The first-order chi connectivity index (χ1) is 14.9. The number of nitrogens with one attached hydrogen (secondary N) is 1. The summed E-state index contributed by atoms with van der Waals surface area (Å²) in [6, 6.07) is 7.43. The maximum atomic E-state index is 12.9. The normalized spacial score (nSPS) is 18.0. The lowest BCUT2D eigenvalue weighted by molar-refractivity contribution is -0.122. The highest BCUT2D eigenvalue weighted by Crippen LogP contribution is 2.19. The molecular formula is C20H22N4O6S. The maximum Gasteiger partial charge on any atom is 0.257 e. The Bertz CT molecular complexity index is 1090. The van der Waals surface area contributed by atoms with Crippen LogP contribution in [-0.2, 0) is 14.8 Å². The van der Waals surface area contributed by atoms with Crippen LogP contribution in [0.15, 0.2) is 52.2 Å². The topological polar surface area (TPSA) is 120 Å². The monoisotopic (exact) mass is 446 g/mol. The van der Waals surface area contributed by atoms with Gasteiger partial charge in [-0.1, -0.05) is 6.07 Å². The average Bonchev–Trinajstić information content (AvgIpc) is 3.33. The lowest BCUT2D eigenvalue weighted by Gasteiger charge is -2.34. The van der Waals surface area contributed by atoms with Gasteiger partial charge >= 0.3 is 0 Å². The van der Waals surface area contributed by atoms with Crippen molar-refractivity contribution in [2.45, 2.75) is 4.90 Å². The molecule has 31 heavy (non-hydrogen) atoms. The van der Waals surface area contributed by atoms with Gasteiger partial charge < -0.3 is 19.5 Å². The van der Waals surface area contributed by atoms with Crippen LogP contribution in [0.5, 0.6) is 0 Å². The van der Waals surface area contributed by atoms with Gasteiger partial charge in [-0.3, -0.25) is 14.4 Å². The third-order valence-corrected chi connectivity index (χ3v) is 7.19. The van der Waals surface area contributed by atoms with Gasteiger partial charge in [0.15, 0.2) is 0 Å². The molecule has 0 atom stereocenters. The van der Waals surface area contributed by atoms with Crippen LogP contribution in [0.1, 0.15) is 20.7 Å². The third kappa shape index (κ3) is 4.32. The van der Waals surface area contributed by atoms with Crippen molar-refractivity contribution in [2.24, 2.45) is 0 Å². The molecule has 2 saturated heterocycles. The summed E-state index contributed by atoms with van der Waals surface area (Å²) >= 11 is 0. The molecule has 11 heteroatoms. The van der Waals surface area contributed by atoms with Gasteiger partial charge in [-0.2, -0.15) is 4.31 Å². The minimum Gasteiger partial charge on any atom is -0.472 e. The number of carbonyl (C=O) groups is 3. The highest BCUT2D eigenvalue weighted by Gasteiger charge is 2.31. The van der Waals surface area contributed by atoms with Crippen LogP contribution in [0.3, 0.4) is 0 Å². The molecule has 2 aliphatic rings. The van der Waals surface area contributed by atoms with Gasteiger partial charge in [-0.05, 0) is 24.3 Å². The van der Waals surface area contributed by atoms with E-state index >= 15 is 0 Å². The molecule has 0 aliphatic carbocycles. The van der Waals surface area contributed by atoms with E-state index in [1.54, 1.807) is 21.9 Å². The number of carbonyl (C=O) groups excluding carboxylic acids is 3. The molecule has 1 aromatic heterocycles. The van der Waals surface area contributed by atoms with Crippen LogP contribution >= 0.6 is 0 Å². The van der Waals surface area contributed by atoms with Gasteiger partial charge in [0.1, 0.15) is 6.26 Å². The summed E-state index contributed by atoms with van der Waals surface area (Å²) in [6.45, 7) is 1.61. The van der Waals surface area contributed by atoms with Gasteiger partial charge in [-0.15, -0.1) is 0 Å². The zero-order valence-corrected chi connectivity index (χ0v) is 17.5. The van der Waals surface area contributed by atoms with Crippen LogP contribution in [0.4, 0.5) is 0 Å². The Balaban J connectivity index is 1.44. The fraction of sp³-hybridized carbons (Fsp3) is 0.350. The molecule has 164 valence electrons. The van der Waals surface area contributed by atoms with E-state index in [0.29, 0.717) is 31.7 Å². The summed E-state index contributed by atoms with van der Waals surface area (Å²) in [6.07, 6.45) is 2.82. The second-order valence-corrected chi connectivity index (χ2v) is 9.25. The fourth-order valence-electron chi connectivity index (χ4n) is 3.62. The first-order valence-electron chi connectivity index (χ1n) is 9.84. The van der Waals surface area contributed by atoms with Gasteiger partial charge in [0.2, 0.25) is 15.9 Å². The Morgan fingerprint density at radius 1 is 0.935 bits per heavy atom. The Labute approximate surface area is 179 Å². The van der Waals surface area contributed by atoms with E-state index in [1.807, 2.05) is 0 Å². The number of benzene rings is 1. The minimum atomic E-state index is -3.89. The summed E-state index contributed by atoms with van der Waals surface area (Å²) in [5.74, 6) is -0.812. The van der Waals surface area contributed by atoms with Crippen molar-refractivity contribution in [1.29, 1.82) is 0 Å². The van der Waals surface area contributed by atoms with Gasteiger partial charge in [0.25, 0.3) is 11.8 Å². The number of nitrogens with zero attached hydrogens (tertiary/aromatic N) is 3. The number of piperazine rings is 2. The Morgan fingerprint density at radius 2 is 1.61 bits per heavy atom. The standard InChI is InChI=1S/C20H22N4O6S/c25-18-13-24(6-5-21-18)31(28,29)17-3-1-2-15(12-17)19(26)22-7-9-23(10-8-22)20(27)16-4-11-30-14-16/h1-4,11-12,14H,5-10,13H2,(H,21,25). The number of hydrogen-bond acceptors (Lipinski definition) is 6. The SMILES string of the molecule is O=C1CN(S(=O)(=O)c2cccc(C(=O)N3CCN(C(=O)c4ccoc4)CC3)c2)CCN1. The first-order valence-corrected chi connectivity index (χ1v) is 11.3. The van der Waals surface area contributed by atoms with Crippen LogP contribution in [0.2, 0.25) is 0 Å². The van der Waals surface area contributed by atoms with E-state index in [1.165, 1.54) is 30.7 Å². The Kier molecular flexibility index (Phi) is 5.79. The lowest BCUT2D eigenvalue weighted by Crippen LogP contribution is -2.50. The van der Waals surface area contributed by atoms with Gasteiger partial charge in [0.05, 0.1) is 23.3 Å². The fourth-order valence-corrected chi connectivity index (χ4v) is 5.07. The van der Waals surface area contributed by atoms with Crippen molar-refractivity contribution in [1.82, 2.24) is 19.4 Å². The molecule has 2 aliphatic heterocycles. The molecule has 1 aromatic carbocycles. The second-order valence-electron chi connectivity index (χ2n) is 7.31. The molecule has 3 amide bonds. The molecule has 0 radical (unpaired) electrons. The first kappa shape index (κ1) is 21.1. The summed E-state index contributed by atoms with van der Waals surface area (Å²) < 4.78 is 31.8. The number of amides is 3. The van der Waals surface area contributed by atoms with E-state index in [2.05, 4.69) is 5.32 Å². The van der Waals surface area contributed by atoms with Crippen LogP contribution in [-0.4, -0.2) is 86.1 Å². The molecule has 1 N–H and O–H groups in total. The molecule has 0 bridgehead atoms. The van der Waals surface area contributed by atoms with E-state index in [-0.39, 0.29) is 47.8 Å². The Morgan fingerprint density at radius 3 is 2.23 bits per heavy atom. The number of rotatable bonds is 4. The van der Waals surface area contributed by atoms with Crippen LogP contribution in [0.25, 0.3) is 0 Å². The van der Waals surface area contributed by atoms with Crippen molar-refractivity contribution in [3.05, 3.63) is 54.0 Å². The summed E-state index contributed by atoms with van der Waals surface area (Å²) in [7, 11) is -3.89. The predicted molar refractivity (Wildman–Crippen MR) is 109 cm³/mol. The smallest absolute Gasteiger partial charge is 0.257 e. The van der Waals surface area contributed by atoms with E-state index in [9.17, 15) is 22.8 Å². The van der Waals surface area contributed by atoms with Crippen molar-refractivity contribution in [2.75, 3.05) is 45.8 Å². The van der Waals surface area contributed by atoms with E-state index in [0.717, 1.165) is 4.31 Å². The molecule has 10 nitrogen and oxygen atoms in total. The number of furan rings is 1. The summed E-state index contributed by atoms with van der Waals surface area (Å²) in [5, 5.41) is 2.59. The number of sulfonamides is 1. The third-order valence-electron chi connectivity index (χ3n) is 5.34. The second kappa shape index (κ2) is 8.52. The molecule has 0 saturated carbocycles. The maximum absolute atomic E-state index is 12.9. The quantitative estimate of drug-likeness (QED) is 0.706. The van der Waals surface area contributed by atoms with E-state index in [4.69, 9.17) is 4.42 Å².